The maximum atomic E-state index is 14.2. The van der Waals surface area contributed by atoms with Crippen LogP contribution in [0.5, 0.6) is 0 Å². The highest BCUT2D eigenvalue weighted by Gasteiger charge is 2.34. The Hall–Kier alpha value is -2.88. The highest BCUT2D eigenvalue weighted by atomic mass is 79.9. The normalized spacial score (nSPS) is 14.7. The van der Waals surface area contributed by atoms with Crippen molar-refractivity contribution in [3.63, 3.8) is 0 Å². The van der Waals surface area contributed by atoms with Crippen molar-refractivity contribution >= 4 is 55.1 Å². The number of amides is 2. The van der Waals surface area contributed by atoms with Gasteiger partial charge in [-0.15, -0.1) is 0 Å². The van der Waals surface area contributed by atoms with Gasteiger partial charge in [0.15, 0.2) is 0 Å². The van der Waals surface area contributed by atoms with Crippen molar-refractivity contribution in [2.45, 2.75) is 69.0 Å². The van der Waals surface area contributed by atoms with Crippen molar-refractivity contribution in [1.29, 1.82) is 0 Å². The second-order valence-electron chi connectivity index (χ2n) is 10.2. The van der Waals surface area contributed by atoms with Crippen LogP contribution in [0.2, 0.25) is 5.02 Å². The minimum atomic E-state index is -4.12. The summed E-state index contributed by atoms with van der Waals surface area (Å²) >= 11 is 9.89. The van der Waals surface area contributed by atoms with E-state index in [0.29, 0.717) is 27.2 Å². The zero-order valence-electron chi connectivity index (χ0n) is 23.0. The molecule has 10 heteroatoms. The lowest BCUT2D eigenvalue weighted by atomic mass is 9.95. The fourth-order valence-electron chi connectivity index (χ4n) is 5.15. The Balaban J connectivity index is 1.71. The highest BCUT2D eigenvalue weighted by Crippen LogP contribution is 2.28. The van der Waals surface area contributed by atoms with Crippen LogP contribution in [0.3, 0.4) is 0 Å². The van der Waals surface area contributed by atoms with Gasteiger partial charge in [0.25, 0.3) is 10.0 Å². The van der Waals surface area contributed by atoms with Crippen LogP contribution in [0.25, 0.3) is 0 Å². The number of nitrogens with one attached hydrogen (secondary N) is 1. The first-order valence-electron chi connectivity index (χ1n) is 13.9. The van der Waals surface area contributed by atoms with Gasteiger partial charge >= 0.3 is 0 Å². The van der Waals surface area contributed by atoms with Crippen molar-refractivity contribution in [1.82, 2.24) is 10.2 Å². The molecule has 3 aromatic carbocycles. The molecule has 0 spiro atoms. The Bertz CT molecular complexity index is 1450. The molecule has 1 saturated carbocycles. The molecule has 41 heavy (non-hydrogen) atoms. The number of rotatable bonds is 11. The fourth-order valence-corrected chi connectivity index (χ4v) is 7.16. The summed E-state index contributed by atoms with van der Waals surface area (Å²) in [4.78, 5) is 29.3. The third-order valence-electron chi connectivity index (χ3n) is 7.34. The van der Waals surface area contributed by atoms with Crippen LogP contribution in [0.15, 0.2) is 88.2 Å². The van der Waals surface area contributed by atoms with Gasteiger partial charge in [-0.25, -0.2) is 8.42 Å². The molecular weight excluding hydrogens is 626 g/mol. The number of carbonyl (C=O) groups is 2. The lowest BCUT2D eigenvalue weighted by Crippen LogP contribution is -2.54. The summed E-state index contributed by atoms with van der Waals surface area (Å²) in [5, 5.41) is 3.62. The number of anilines is 1. The van der Waals surface area contributed by atoms with E-state index in [9.17, 15) is 18.0 Å². The molecule has 218 valence electrons. The fraction of sp³-hybridized carbons (Fsp3) is 0.355. The van der Waals surface area contributed by atoms with E-state index < -0.39 is 28.5 Å². The molecule has 1 atom stereocenters. The van der Waals surface area contributed by atoms with Crippen LogP contribution >= 0.6 is 27.5 Å². The Morgan fingerprint density at radius 2 is 1.66 bits per heavy atom. The van der Waals surface area contributed by atoms with Crippen molar-refractivity contribution < 1.29 is 18.0 Å². The average Bonchev–Trinajstić information content (AvgIpc) is 2.97. The molecule has 1 aliphatic carbocycles. The number of benzene rings is 3. The van der Waals surface area contributed by atoms with E-state index in [-0.39, 0.29) is 23.4 Å². The van der Waals surface area contributed by atoms with Gasteiger partial charge in [0.05, 0.1) is 10.6 Å². The van der Waals surface area contributed by atoms with Gasteiger partial charge in [0.1, 0.15) is 12.6 Å². The zero-order chi connectivity index (χ0) is 29.4. The summed E-state index contributed by atoms with van der Waals surface area (Å²) in [6, 6.07) is 21.2. The van der Waals surface area contributed by atoms with Gasteiger partial charge in [-0.3, -0.25) is 13.9 Å². The molecule has 0 unspecified atom stereocenters. The molecule has 0 aromatic heterocycles. The summed E-state index contributed by atoms with van der Waals surface area (Å²) in [7, 11) is -4.12. The van der Waals surface area contributed by atoms with Crippen molar-refractivity contribution in [3.05, 3.63) is 93.9 Å². The molecule has 1 fully saturated rings. The van der Waals surface area contributed by atoms with Gasteiger partial charge < -0.3 is 10.2 Å². The number of carbonyl (C=O) groups excluding carboxylic acids is 2. The maximum Gasteiger partial charge on any atom is 0.264 e. The number of halogens is 2. The van der Waals surface area contributed by atoms with E-state index in [1.165, 1.54) is 17.0 Å². The zero-order valence-corrected chi connectivity index (χ0v) is 26.2. The van der Waals surface area contributed by atoms with Gasteiger partial charge in [-0.1, -0.05) is 96.2 Å². The molecule has 1 N–H and O–H groups in total. The summed E-state index contributed by atoms with van der Waals surface area (Å²) in [6.45, 7) is 1.42. The summed E-state index contributed by atoms with van der Waals surface area (Å²) in [5.74, 6) is -0.741. The monoisotopic (exact) mass is 659 g/mol. The van der Waals surface area contributed by atoms with E-state index >= 15 is 0 Å². The SMILES string of the molecule is CC[C@@H](C(=O)NC1CCCCC1)N(Cc1ccccc1Cl)C(=O)CN(c1cccc(Br)c1)S(=O)(=O)c1ccccc1. The molecule has 1 aliphatic rings. The Morgan fingerprint density at radius 1 is 0.976 bits per heavy atom. The Labute approximate surface area is 256 Å². The van der Waals surface area contributed by atoms with Crippen molar-refractivity contribution in [2.24, 2.45) is 0 Å². The second-order valence-corrected chi connectivity index (χ2v) is 13.4. The first-order chi connectivity index (χ1) is 19.7. The Kier molecular flexibility index (Phi) is 10.9. The highest BCUT2D eigenvalue weighted by molar-refractivity contribution is 9.10. The number of sulfonamides is 1. The average molecular weight is 661 g/mol. The van der Waals surface area contributed by atoms with E-state index in [0.717, 1.165) is 36.4 Å². The molecule has 3 aromatic rings. The molecular formula is C31H35BrClN3O4S. The number of hydrogen-bond acceptors (Lipinski definition) is 4. The minimum absolute atomic E-state index is 0.0623. The molecule has 0 bridgehead atoms. The van der Waals surface area contributed by atoms with Gasteiger partial charge in [-0.2, -0.15) is 0 Å². The first kappa shape index (κ1) is 31.1. The number of hydrogen-bond donors (Lipinski definition) is 1. The molecule has 7 nitrogen and oxygen atoms in total. The smallest absolute Gasteiger partial charge is 0.264 e. The second kappa shape index (κ2) is 14.3. The summed E-state index contributed by atoms with van der Waals surface area (Å²) in [6.07, 6.45) is 5.45. The Morgan fingerprint density at radius 3 is 2.32 bits per heavy atom. The van der Waals surface area contributed by atoms with Crippen LogP contribution < -0.4 is 9.62 Å². The lowest BCUT2D eigenvalue weighted by Gasteiger charge is -2.34. The van der Waals surface area contributed by atoms with Crippen LogP contribution in [-0.4, -0.2) is 43.8 Å². The molecule has 4 rings (SSSR count). The van der Waals surface area contributed by atoms with Gasteiger partial charge in [0.2, 0.25) is 11.8 Å². The van der Waals surface area contributed by atoms with E-state index in [1.54, 1.807) is 60.7 Å². The largest absolute Gasteiger partial charge is 0.352 e. The van der Waals surface area contributed by atoms with Gasteiger partial charge in [0, 0.05) is 22.1 Å². The van der Waals surface area contributed by atoms with Crippen LogP contribution in [0.4, 0.5) is 5.69 Å². The van der Waals surface area contributed by atoms with Crippen LogP contribution in [-0.2, 0) is 26.2 Å². The molecule has 0 saturated heterocycles. The van der Waals surface area contributed by atoms with E-state index in [1.807, 2.05) is 13.0 Å². The molecule has 0 aliphatic heterocycles. The van der Waals surface area contributed by atoms with E-state index in [2.05, 4.69) is 21.2 Å². The third kappa shape index (κ3) is 7.90. The minimum Gasteiger partial charge on any atom is -0.352 e. The van der Waals surface area contributed by atoms with Crippen LogP contribution in [0, 0.1) is 0 Å². The third-order valence-corrected chi connectivity index (χ3v) is 9.99. The maximum absolute atomic E-state index is 14.2. The van der Waals surface area contributed by atoms with E-state index in [4.69, 9.17) is 11.6 Å². The topological polar surface area (TPSA) is 86.8 Å². The molecule has 2 amide bonds. The van der Waals surface area contributed by atoms with Crippen LogP contribution in [0.1, 0.15) is 51.0 Å². The summed E-state index contributed by atoms with van der Waals surface area (Å²) in [5.41, 5.74) is 1.00. The standard InChI is InChI=1S/C31H35BrClN3O4S/c1-2-29(31(38)34-25-14-5-3-6-15-25)35(21-23-12-9-10-19-28(23)33)30(37)22-36(26-16-11-13-24(32)20-26)41(39,40)27-17-7-4-8-18-27/h4,7-13,16-20,25,29H,2-3,5-6,14-15,21-22H2,1H3,(H,34,38)/t29-/m0/s1. The molecule has 0 heterocycles. The predicted octanol–water partition coefficient (Wildman–Crippen LogP) is 6.55. The number of nitrogens with zero attached hydrogens (tertiary/aromatic N) is 2. The summed E-state index contributed by atoms with van der Waals surface area (Å²) < 4.78 is 29.5. The predicted molar refractivity (Wildman–Crippen MR) is 166 cm³/mol. The molecule has 0 radical (unpaired) electrons. The first-order valence-corrected chi connectivity index (χ1v) is 16.5. The van der Waals surface area contributed by atoms with Gasteiger partial charge in [-0.05, 0) is 61.2 Å². The van der Waals surface area contributed by atoms with Crippen molar-refractivity contribution in [2.75, 3.05) is 10.8 Å². The quantitative estimate of drug-likeness (QED) is 0.253. The lowest BCUT2D eigenvalue weighted by molar-refractivity contribution is -0.140. The van der Waals surface area contributed by atoms with Crippen molar-refractivity contribution in [3.8, 4) is 0 Å².